The van der Waals surface area contributed by atoms with Crippen molar-refractivity contribution in [1.29, 1.82) is 0 Å². The molecule has 0 fully saturated rings. The van der Waals surface area contributed by atoms with Gasteiger partial charge in [0.1, 0.15) is 0 Å². The largest absolute Gasteiger partial charge is 0.350 e. The Morgan fingerprint density at radius 1 is 1.07 bits per heavy atom. The molecule has 0 atom stereocenters. The van der Waals surface area contributed by atoms with Crippen LogP contribution in [0, 0.1) is 6.92 Å². The first-order chi connectivity index (χ1) is 12.3. The van der Waals surface area contributed by atoms with Gasteiger partial charge in [-0.15, -0.1) is 0 Å². The van der Waals surface area contributed by atoms with Crippen LogP contribution < -0.4 is 5.32 Å². The second-order valence-electron chi connectivity index (χ2n) is 8.44. The monoisotopic (exact) mass is 388 g/mol. The van der Waals surface area contributed by atoms with Crippen molar-refractivity contribution in [3.05, 3.63) is 59.4 Å². The molecule has 2 aromatic rings. The van der Waals surface area contributed by atoms with Gasteiger partial charge in [-0.05, 0) is 50.6 Å². The number of sulfone groups is 1. The van der Waals surface area contributed by atoms with Crippen molar-refractivity contribution in [2.24, 2.45) is 0 Å². The lowest BCUT2D eigenvalue weighted by atomic mass is 9.91. The van der Waals surface area contributed by atoms with Crippen LogP contribution in [0.4, 0.5) is 0 Å². The number of amides is 1. The molecule has 0 saturated heterocycles. The van der Waals surface area contributed by atoms with Crippen LogP contribution in [0.3, 0.4) is 0 Å². The summed E-state index contributed by atoms with van der Waals surface area (Å²) < 4.78 is 24.8. The fraction of sp³-hybridized carbons (Fsp3) is 0.429. The summed E-state index contributed by atoms with van der Waals surface area (Å²) in [5.41, 5.74) is 1.98. The van der Waals surface area contributed by atoms with Gasteiger partial charge in [0, 0.05) is 29.4 Å². The van der Waals surface area contributed by atoms with Gasteiger partial charge in [-0.1, -0.05) is 32.9 Å². The van der Waals surface area contributed by atoms with E-state index in [9.17, 15) is 13.2 Å². The molecule has 0 unspecified atom stereocenters. The summed E-state index contributed by atoms with van der Waals surface area (Å²) in [7, 11) is -3.60. The van der Waals surface area contributed by atoms with E-state index in [1.807, 2.05) is 33.8 Å². The molecule has 1 heterocycles. The van der Waals surface area contributed by atoms with Crippen molar-refractivity contribution in [2.45, 2.75) is 56.6 Å². The molecule has 1 amide bonds. The van der Waals surface area contributed by atoms with E-state index in [-0.39, 0.29) is 22.8 Å². The summed E-state index contributed by atoms with van der Waals surface area (Å²) in [6.07, 6.45) is 1.60. The minimum Gasteiger partial charge on any atom is -0.350 e. The molecule has 146 valence electrons. The zero-order valence-electron chi connectivity index (χ0n) is 16.8. The van der Waals surface area contributed by atoms with Gasteiger partial charge in [-0.25, -0.2) is 8.42 Å². The highest BCUT2D eigenvalue weighted by Gasteiger charge is 2.36. The Morgan fingerprint density at radius 2 is 1.74 bits per heavy atom. The normalized spacial score (nSPS) is 12.7. The van der Waals surface area contributed by atoms with Crippen LogP contribution in [-0.4, -0.2) is 30.6 Å². The highest BCUT2D eigenvalue weighted by molar-refractivity contribution is 7.92. The third-order valence-corrected chi connectivity index (χ3v) is 6.97. The molecule has 0 aliphatic heterocycles. The molecule has 5 nitrogen and oxygen atoms in total. The van der Waals surface area contributed by atoms with E-state index in [1.54, 1.807) is 50.4 Å². The lowest BCUT2D eigenvalue weighted by molar-refractivity contribution is 0.0950. The Balaban J connectivity index is 2.18. The Labute approximate surface area is 162 Å². The van der Waals surface area contributed by atoms with E-state index < -0.39 is 14.6 Å². The summed E-state index contributed by atoms with van der Waals surface area (Å²) in [6, 6.07) is 10.2. The second-order valence-corrected chi connectivity index (χ2v) is 11.0. The van der Waals surface area contributed by atoms with Gasteiger partial charge < -0.3 is 5.32 Å². The van der Waals surface area contributed by atoms with Crippen LogP contribution >= 0.6 is 0 Å². The van der Waals surface area contributed by atoms with Crippen molar-refractivity contribution in [2.75, 3.05) is 6.54 Å². The van der Waals surface area contributed by atoms with Crippen molar-refractivity contribution in [3.8, 4) is 0 Å². The van der Waals surface area contributed by atoms with Crippen LogP contribution in [0.25, 0.3) is 0 Å². The standard InChI is InChI=1S/C21H28N2O3S/c1-15-8-7-9-17(12-15)27(25,26)21(5,6)14-23-19(24)16-10-11-22-18(13-16)20(2,3)4/h7-13H,14H2,1-6H3,(H,23,24). The third-order valence-electron chi connectivity index (χ3n) is 4.49. The topological polar surface area (TPSA) is 76.1 Å². The first-order valence-corrected chi connectivity index (χ1v) is 10.4. The third kappa shape index (κ3) is 4.75. The molecular formula is C21H28N2O3S. The number of carbonyl (C=O) groups excluding carboxylic acids is 1. The fourth-order valence-corrected chi connectivity index (χ4v) is 4.07. The van der Waals surface area contributed by atoms with Crippen LogP contribution in [0.2, 0.25) is 0 Å². The van der Waals surface area contributed by atoms with Gasteiger partial charge in [0.25, 0.3) is 5.91 Å². The molecule has 0 radical (unpaired) electrons. The van der Waals surface area contributed by atoms with Gasteiger partial charge in [0.15, 0.2) is 9.84 Å². The van der Waals surface area contributed by atoms with Gasteiger partial charge in [-0.3, -0.25) is 9.78 Å². The summed E-state index contributed by atoms with van der Waals surface area (Å²) in [5, 5.41) is 2.76. The average Bonchev–Trinajstić information content (AvgIpc) is 2.59. The number of nitrogens with one attached hydrogen (secondary N) is 1. The quantitative estimate of drug-likeness (QED) is 0.848. The zero-order chi connectivity index (χ0) is 20.5. The molecule has 0 saturated carbocycles. The summed E-state index contributed by atoms with van der Waals surface area (Å²) in [5.74, 6) is -0.310. The minimum atomic E-state index is -3.60. The summed E-state index contributed by atoms with van der Waals surface area (Å²) in [6.45, 7) is 11.2. The SMILES string of the molecule is Cc1cccc(S(=O)(=O)C(C)(C)CNC(=O)c2ccnc(C(C)(C)C)c2)c1. The summed E-state index contributed by atoms with van der Waals surface area (Å²) in [4.78, 5) is 17.1. The van der Waals surface area contributed by atoms with Crippen molar-refractivity contribution in [3.63, 3.8) is 0 Å². The van der Waals surface area contributed by atoms with E-state index in [1.165, 1.54) is 0 Å². The molecule has 1 N–H and O–H groups in total. The van der Waals surface area contributed by atoms with E-state index in [2.05, 4.69) is 10.3 Å². The maximum Gasteiger partial charge on any atom is 0.251 e. The molecule has 1 aromatic heterocycles. The molecule has 6 heteroatoms. The smallest absolute Gasteiger partial charge is 0.251 e. The Hall–Kier alpha value is -2.21. The van der Waals surface area contributed by atoms with Crippen LogP contribution in [0.15, 0.2) is 47.5 Å². The average molecular weight is 389 g/mol. The number of carbonyl (C=O) groups is 1. The highest BCUT2D eigenvalue weighted by atomic mass is 32.2. The molecule has 0 spiro atoms. The van der Waals surface area contributed by atoms with Crippen molar-refractivity contribution < 1.29 is 13.2 Å². The molecule has 0 aliphatic rings. The fourth-order valence-electron chi connectivity index (χ4n) is 2.57. The number of benzene rings is 1. The van der Waals surface area contributed by atoms with Crippen LogP contribution in [-0.2, 0) is 15.3 Å². The first-order valence-electron chi connectivity index (χ1n) is 8.91. The van der Waals surface area contributed by atoms with Gasteiger partial charge in [0.05, 0.1) is 9.64 Å². The van der Waals surface area contributed by atoms with Gasteiger partial charge in [-0.2, -0.15) is 0 Å². The van der Waals surface area contributed by atoms with Gasteiger partial charge >= 0.3 is 0 Å². The maximum atomic E-state index is 13.0. The van der Waals surface area contributed by atoms with Gasteiger partial charge in [0.2, 0.25) is 0 Å². The van der Waals surface area contributed by atoms with Crippen LogP contribution in [0.5, 0.6) is 0 Å². The van der Waals surface area contributed by atoms with E-state index in [0.717, 1.165) is 11.3 Å². The van der Waals surface area contributed by atoms with Crippen molar-refractivity contribution >= 4 is 15.7 Å². The second kappa shape index (κ2) is 7.43. The summed E-state index contributed by atoms with van der Waals surface area (Å²) >= 11 is 0. The Morgan fingerprint density at radius 3 is 2.33 bits per heavy atom. The van der Waals surface area contributed by atoms with E-state index >= 15 is 0 Å². The number of pyridine rings is 1. The number of hydrogen-bond donors (Lipinski definition) is 1. The first kappa shape index (κ1) is 21.1. The van der Waals surface area contributed by atoms with E-state index in [4.69, 9.17) is 0 Å². The molecule has 0 bridgehead atoms. The zero-order valence-corrected chi connectivity index (χ0v) is 17.6. The number of aromatic nitrogens is 1. The lowest BCUT2D eigenvalue weighted by Crippen LogP contribution is -2.44. The predicted molar refractivity (Wildman–Crippen MR) is 108 cm³/mol. The van der Waals surface area contributed by atoms with Crippen LogP contribution in [0.1, 0.15) is 56.2 Å². The Kier molecular flexibility index (Phi) is 5.80. The predicted octanol–water partition coefficient (Wildman–Crippen LogP) is 3.67. The molecule has 2 rings (SSSR count). The molecular weight excluding hydrogens is 360 g/mol. The number of aryl methyl sites for hydroxylation is 1. The molecule has 1 aromatic carbocycles. The van der Waals surface area contributed by atoms with E-state index in [0.29, 0.717) is 5.56 Å². The van der Waals surface area contributed by atoms with Crippen molar-refractivity contribution in [1.82, 2.24) is 10.3 Å². The minimum absolute atomic E-state index is 0.00921. The number of hydrogen-bond acceptors (Lipinski definition) is 4. The molecule has 27 heavy (non-hydrogen) atoms. The Bertz CT molecular complexity index is 942. The number of nitrogens with zero attached hydrogens (tertiary/aromatic N) is 1. The number of rotatable bonds is 5. The highest BCUT2D eigenvalue weighted by Crippen LogP contribution is 2.26. The maximum absolute atomic E-state index is 13.0. The lowest BCUT2D eigenvalue weighted by Gasteiger charge is -2.25. The molecule has 0 aliphatic carbocycles.